The molecule has 0 amide bonds. The lowest BCUT2D eigenvalue weighted by atomic mass is 10.9. The summed E-state index contributed by atoms with van der Waals surface area (Å²) in [5.41, 5.74) is 0. The minimum atomic E-state index is -2.60. The van der Waals surface area contributed by atoms with Gasteiger partial charge in [-0.25, -0.2) is 0 Å². The van der Waals surface area contributed by atoms with E-state index in [9.17, 15) is 14.4 Å². The second-order valence-electron chi connectivity index (χ2n) is 6.09. The Kier molecular flexibility index (Phi) is 5.84. The third-order valence-corrected chi connectivity index (χ3v) is 22.4. The van der Waals surface area contributed by atoms with Crippen molar-refractivity contribution in [3.8, 4) is 0 Å². The largest absolute Gasteiger partial charge is 0.432 e. The fourth-order valence-electron chi connectivity index (χ4n) is 2.25. The zero-order chi connectivity index (χ0) is 14.1. The third kappa shape index (κ3) is 3.74. The molecule has 0 saturated heterocycles. The van der Waals surface area contributed by atoms with Crippen LogP contribution in [-0.4, -0.2) is 39.3 Å². The first-order valence-corrected chi connectivity index (χ1v) is 14.7. The van der Waals surface area contributed by atoms with Crippen molar-refractivity contribution in [3.05, 3.63) is 0 Å². The Morgan fingerprint density at radius 1 is 0.765 bits per heavy atom. The van der Waals surface area contributed by atoms with E-state index in [2.05, 4.69) is 0 Å². The van der Waals surface area contributed by atoms with Gasteiger partial charge in [0.2, 0.25) is 0 Å². The molecule has 0 spiro atoms. The summed E-state index contributed by atoms with van der Waals surface area (Å²) in [6.45, 7) is 13.7. The van der Waals surface area contributed by atoms with E-state index in [1.807, 2.05) is 47.3 Å². The average Bonchev–Trinajstić information content (AvgIpc) is 2.26. The maximum Gasteiger partial charge on any atom is 0.190 e. The molecule has 0 aromatic rings. The highest BCUT2D eigenvalue weighted by atomic mass is 28.4. The average molecular weight is 295 g/mol. The van der Waals surface area contributed by atoms with Gasteiger partial charge in [-0.3, -0.25) is 0 Å². The molecule has 3 N–H and O–H groups in total. The van der Waals surface area contributed by atoms with Gasteiger partial charge in [-0.2, -0.15) is 0 Å². The van der Waals surface area contributed by atoms with E-state index >= 15 is 0 Å². The minimum absolute atomic E-state index is 0.000486. The van der Waals surface area contributed by atoms with E-state index in [1.54, 1.807) is 0 Å². The van der Waals surface area contributed by atoms with Gasteiger partial charge >= 0.3 is 0 Å². The molecular weight excluding hydrogens is 264 g/mol. The first-order valence-electron chi connectivity index (χ1n) is 6.60. The van der Waals surface area contributed by atoms with Crippen molar-refractivity contribution in [1.82, 2.24) is 0 Å². The Morgan fingerprint density at radius 3 is 1.18 bits per heavy atom. The molecule has 0 aromatic heterocycles. The lowest BCUT2D eigenvalue weighted by molar-refractivity contribution is 0.476. The Morgan fingerprint density at radius 2 is 1.00 bits per heavy atom. The van der Waals surface area contributed by atoms with Crippen LogP contribution in [0.4, 0.5) is 0 Å². The number of hydrogen-bond donors (Lipinski definition) is 3. The molecule has 0 rings (SSSR count). The number of rotatable bonds is 6. The van der Waals surface area contributed by atoms with Crippen molar-refractivity contribution < 1.29 is 14.4 Å². The lowest BCUT2D eigenvalue weighted by Crippen LogP contribution is -2.58. The zero-order valence-electron chi connectivity index (χ0n) is 12.4. The summed E-state index contributed by atoms with van der Waals surface area (Å²) in [6.07, 6.45) is 0. The van der Waals surface area contributed by atoms with E-state index in [4.69, 9.17) is 0 Å². The first kappa shape index (κ1) is 17.5. The molecule has 17 heavy (non-hydrogen) atoms. The molecule has 6 heteroatoms. The van der Waals surface area contributed by atoms with Crippen LogP contribution in [0, 0.1) is 0 Å². The Bertz CT molecular complexity index is 230. The molecule has 0 radical (unpaired) electrons. The van der Waals surface area contributed by atoms with E-state index < -0.39 is 25.0 Å². The highest BCUT2D eigenvalue weighted by Crippen LogP contribution is 2.41. The van der Waals surface area contributed by atoms with Crippen LogP contribution in [0.25, 0.3) is 0 Å². The summed E-state index contributed by atoms with van der Waals surface area (Å²) in [6, 6.07) is 1.53. The predicted octanol–water partition coefficient (Wildman–Crippen LogP) is 2.59. The van der Waals surface area contributed by atoms with Crippen LogP contribution in [0.3, 0.4) is 0 Å². The molecular formula is C11H30O3Si3. The molecule has 4 unspecified atom stereocenters. The molecule has 0 heterocycles. The Hall–Kier alpha value is 0.531. The SMILES string of the molecule is CC[Si](C)(O)C(C)[Si](C)(O)C(C)[Si](C)(O)CC. The topological polar surface area (TPSA) is 60.7 Å². The van der Waals surface area contributed by atoms with Gasteiger partial charge < -0.3 is 14.4 Å². The van der Waals surface area contributed by atoms with Gasteiger partial charge in [-0.05, 0) is 42.1 Å². The van der Waals surface area contributed by atoms with Gasteiger partial charge in [-0.1, -0.05) is 27.7 Å². The van der Waals surface area contributed by atoms with Crippen LogP contribution in [0.5, 0.6) is 0 Å². The van der Waals surface area contributed by atoms with Gasteiger partial charge in [0.1, 0.15) is 0 Å². The monoisotopic (exact) mass is 294 g/mol. The molecule has 0 aliphatic heterocycles. The van der Waals surface area contributed by atoms with Gasteiger partial charge in [0.25, 0.3) is 0 Å². The van der Waals surface area contributed by atoms with Crippen LogP contribution >= 0.6 is 0 Å². The number of hydrogen-bond acceptors (Lipinski definition) is 3. The Balaban J connectivity index is 5.14. The molecule has 3 nitrogen and oxygen atoms in total. The lowest BCUT2D eigenvalue weighted by Gasteiger charge is -2.43. The minimum Gasteiger partial charge on any atom is -0.432 e. The fraction of sp³-hybridized carbons (Fsp3) is 1.00. The normalized spacial score (nSPS) is 26.5. The van der Waals surface area contributed by atoms with Crippen molar-refractivity contribution >= 4 is 25.0 Å². The van der Waals surface area contributed by atoms with E-state index in [0.29, 0.717) is 0 Å². The second kappa shape index (κ2) is 5.66. The van der Waals surface area contributed by atoms with Crippen molar-refractivity contribution in [2.24, 2.45) is 0 Å². The molecule has 0 aliphatic rings. The molecule has 0 fully saturated rings. The van der Waals surface area contributed by atoms with Crippen LogP contribution in [0.15, 0.2) is 0 Å². The molecule has 0 saturated carbocycles. The highest BCUT2D eigenvalue weighted by Gasteiger charge is 2.52. The second-order valence-corrected chi connectivity index (χ2v) is 20.0. The van der Waals surface area contributed by atoms with Gasteiger partial charge in [0.15, 0.2) is 25.0 Å². The summed E-state index contributed by atoms with van der Waals surface area (Å²) in [4.78, 5) is 31.8. The summed E-state index contributed by atoms with van der Waals surface area (Å²) in [7, 11) is -7.29. The standard InChI is InChI=1S/C11H30O3Si3/c1-8-15(5,12)10(3)17(7,14)11(4)16(6,13)9-2/h10-14H,8-9H2,1-7H3. The van der Waals surface area contributed by atoms with Crippen molar-refractivity contribution in [3.63, 3.8) is 0 Å². The van der Waals surface area contributed by atoms with Gasteiger partial charge in [0, 0.05) is 0 Å². The van der Waals surface area contributed by atoms with Crippen LogP contribution in [-0.2, 0) is 0 Å². The van der Waals surface area contributed by atoms with Crippen LogP contribution in [0.2, 0.25) is 42.1 Å². The van der Waals surface area contributed by atoms with Gasteiger partial charge in [-0.15, -0.1) is 0 Å². The van der Waals surface area contributed by atoms with E-state index in [1.165, 1.54) is 0 Å². The third-order valence-electron chi connectivity index (χ3n) is 5.05. The quantitative estimate of drug-likeness (QED) is 0.660. The smallest absolute Gasteiger partial charge is 0.190 e. The molecule has 0 aromatic carbocycles. The predicted molar refractivity (Wildman–Crippen MR) is 81.3 cm³/mol. The summed E-state index contributed by atoms with van der Waals surface area (Å²) in [5.74, 6) is 0. The summed E-state index contributed by atoms with van der Waals surface area (Å²) < 4.78 is 0. The Labute approximate surface area is 109 Å². The van der Waals surface area contributed by atoms with Crippen LogP contribution in [0.1, 0.15) is 27.7 Å². The van der Waals surface area contributed by atoms with Crippen molar-refractivity contribution in [1.29, 1.82) is 0 Å². The zero-order valence-corrected chi connectivity index (χ0v) is 15.4. The fourth-order valence-corrected chi connectivity index (χ4v) is 17.5. The molecule has 0 aliphatic carbocycles. The van der Waals surface area contributed by atoms with Crippen molar-refractivity contribution in [2.45, 2.75) is 69.8 Å². The van der Waals surface area contributed by atoms with Gasteiger partial charge in [0.05, 0.1) is 0 Å². The molecule has 0 bridgehead atoms. The van der Waals surface area contributed by atoms with Crippen molar-refractivity contribution in [2.75, 3.05) is 0 Å². The maximum atomic E-state index is 10.9. The van der Waals surface area contributed by atoms with Crippen LogP contribution < -0.4 is 0 Å². The van der Waals surface area contributed by atoms with E-state index in [0.717, 1.165) is 12.1 Å². The summed E-state index contributed by atoms with van der Waals surface area (Å²) >= 11 is 0. The maximum absolute atomic E-state index is 10.9. The summed E-state index contributed by atoms with van der Waals surface area (Å²) in [5, 5.41) is 0.000972. The molecule has 4 atom stereocenters. The highest BCUT2D eigenvalue weighted by molar-refractivity contribution is 6.99. The molecule has 104 valence electrons. The first-order chi connectivity index (χ1) is 7.43. The van der Waals surface area contributed by atoms with E-state index in [-0.39, 0.29) is 10.3 Å².